The van der Waals surface area contributed by atoms with E-state index in [1.807, 2.05) is 30.3 Å². The fraction of sp³-hybridized carbons (Fsp3) is 0. The minimum atomic E-state index is 0.868. The molecule has 0 saturated heterocycles. The van der Waals surface area contributed by atoms with Crippen molar-refractivity contribution in [2.24, 2.45) is 0 Å². The van der Waals surface area contributed by atoms with Gasteiger partial charge in [-0.15, -0.1) is 0 Å². The molecule has 2 heterocycles. The largest absolute Gasteiger partial charge is 0.453 e. The zero-order chi connectivity index (χ0) is 10.1. The van der Waals surface area contributed by atoms with Gasteiger partial charge in [-0.05, 0) is 41.5 Å². The van der Waals surface area contributed by atoms with Crippen molar-refractivity contribution in [3.8, 4) is 11.1 Å². The van der Waals surface area contributed by atoms with Gasteiger partial charge in [-0.1, -0.05) is 6.07 Å². The topological polar surface area (TPSA) is 26.0 Å². The summed E-state index contributed by atoms with van der Waals surface area (Å²) < 4.78 is 5.17. The van der Waals surface area contributed by atoms with Gasteiger partial charge in [-0.25, -0.2) is 0 Å². The van der Waals surface area contributed by atoms with Crippen molar-refractivity contribution >= 4 is 11.0 Å². The van der Waals surface area contributed by atoms with Crippen LogP contribution in [0.15, 0.2) is 53.2 Å². The van der Waals surface area contributed by atoms with Crippen molar-refractivity contribution in [3.63, 3.8) is 0 Å². The van der Waals surface area contributed by atoms with Crippen molar-refractivity contribution in [2.45, 2.75) is 0 Å². The summed E-state index contributed by atoms with van der Waals surface area (Å²) in [5.41, 5.74) is 3.20. The average molecular weight is 194 g/mol. The molecular formula is C13H8NO. The number of pyridine rings is 1. The lowest BCUT2D eigenvalue weighted by Crippen LogP contribution is -1.77. The number of hydrogen-bond acceptors (Lipinski definition) is 2. The van der Waals surface area contributed by atoms with Crippen molar-refractivity contribution < 1.29 is 4.42 Å². The highest BCUT2D eigenvalue weighted by Gasteiger charge is 2.00. The van der Waals surface area contributed by atoms with Crippen LogP contribution in [-0.2, 0) is 0 Å². The van der Waals surface area contributed by atoms with Crippen molar-refractivity contribution in [3.05, 3.63) is 55.1 Å². The third-order valence-corrected chi connectivity index (χ3v) is 2.41. The van der Waals surface area contributed by atoms with Crippen molar-refractivity contribution in [1.29, 1.82) is 0 Å². The predicted molar refractivity (Wildman–Crippen MR) is 58.3 cm³/mol. The van der Waals surface area contributed by atoms with E-state index in [1.54, 1.807) is 12.4 Å². The van der Waals surface area contributed by atoms with E-state index in [4.69, 9.17) is 4.42 Å². The number of hydrogen-bond donors (Lipinski definition) is 0. The van der Waals surface area contributed by atoms with E-state index in [9.17, 15) is 0 Å². The van der Waals surface area contributed by atoms with Gasteiger partial charge < -0.3 is 4.42 Å². The van der Waals surface area contributed by atoms with E-state index in [0.717, 1.165) is 16.5 Å². The van der Waals surface area contributed by atoms with Crippen LogP contribution in [0.1, 0.15) is 0 Å². The lowest BCUT2D eigenvalue weighted by Gasteiger charge is -1.99. The summed E-state index contributed by atoms with van der Waals surface area (Å²) in [6, 6.07) is 11.9. The molecule has 2 nitrogen and oxygen atoms in total. The summed E-state index contributed by atoms with van der Waals surface area (Å²) >= 11 is 0. The fourth-order valence-corrected chi connectivity index (χ4v) is 1.63. The molecular weight excluding hydrogens is 186 g/mol. The van der Waals surface area contributed by atoms with Crippen LogP contribution in [0.4, 0.5) is 0 Å². The first-order chi connectivity index (χ1) is 7.43. The van der Waals surface area contributed by atoms with E-state index in [-0.39, 0.29) is 0 Å². The molecule has 0 spiro atoms. The molecule has 1 aromatic carbocycles. The van der Waals surface area contributed by atoms with Gasteiger partial charge >= 0.3 is 0 Å². The van der Waals surface area contributed by atoms with Crippen molar-refractivity contribution in [2.75, 3.05) is 0 Å². The van der Waals surface area contributed by atoms with Gasteiger partial charge in [0.2, 0.25) is 0 Å². The molecule has 0 unspecified atom stereocenters. The summed E-state index contributed by atoms with van der Waals surface area (Å²) in [5.74, 6) is 0. The number of aromatic nitrogens is 1. The Bertz CT molecular complexity index is 584. The Kier molecular flexibility index (Phi) is 1.78. The van der Waals surface area contributed by atoms with E-state index in [2.05, 4.69) is 17.3 Å². The number of fused-ring (bicyclic) bond motifs is 1. The fourth-order valence-electron chi connectivity index (χ4n) is 1.63. The second-order valence-corrected chi connectivity index (χ2v) is 3.35. The summed E-state index contributed by atoms with van der Waals surface area (Å²) in [6.45, 7) is 0. The smallest absolute Gasteiger partial charge is 0.170 e. The maximum absolute atomic E-state index is 5.17. The van der Waals surface area contributed by atoms with E-state index in [0.29, 0.717) is 0 Å². The molecule has 0 bridgehead atoms. The summed E-state index contributed by atoms with van der Waals surface area (Å²) in [6.07, 6.45) is 6.31. The molecule has 15 heavy (non-hydrogen) atoms. The minimum Gasteiger partial charge on any atom is -0.453 e. The molecule has 0 aliphatic rings. The van der Waals surface area contributed by atoms with Crippen molar-refractivity contribution in [1.82, 2.24) is 4.98 Å². The van der Waals surface area contributed by atoms with Crippen LogP contribution in [0.2, 0.25) is 0 Å². The van der Waals surface area contributed by atoms with Crippen LogP contribution < -0.4 is 0 Å². The zero-order valence-corrected chi connectivity index (χ0v) is 7.97. The second-order valence-electron chi connectivity index (χ2n) is 3.35. The van der Waals surface area contributed by atoms with Gasteiger partial charge in [0.15, 0.2) is 6.26 Å². The number of benzene rings is 1. The molecule has 0 saturated carbocycles. The highest BCUT2D eigenvalue weighted by atomic mass is 16.3. The maximum Gasteiger partial charge on any atom is 0.170 e. The first kappa shape index (κ1) is 8.24. The minimum absolute atomic E-state index is 0.868. The molecule has 2 aromatic heterocycles. The molecule has 71 valence electrons. The molecule has 0 aliphatic heterocycles. The van der Waals surface area contributed by atoms with Gasteiger partial charge in [0.1, 0.15) is 5.58 Å². The number of nitrogens with zero attached hydrogens (tertiary/aromatic N) is 1. The lowest BCUT2D eigenvalue weighted by atomic mass is 10.1. The highest BCUT2D eigenvalue weighted by molar-refractivity contribution is 5.83. The van der Waals surface area contributed by atoms with Crippen LogP contribution in [0.3, 0.4) is 0 Å². The summed E-state index contributed by atoms with van der Waals surface area (Å²) in [5, 5.41) is 1.07. The molecule has 0 fully saturated rings. The normalized spacial score (nSPS) is 10.7. The molecule has 0 aliphatic carbocycles. The third kappa shape index (κ3) is 1.40. The maximum atomic E-state index is 5.17. The van der Waals surface area contributed by atoms with Crippen LogP contribution in [0, 0.1) is 6.26 Å². The Hall–Kier alpha value is -2.09. The first-order valence-electron chi connectivity index (χ1n) is 4.73. The van der Waals surface area contributed by atoms with E-state index < -0.39 is 0 Å². The van der Waals surface area contributed by atoms with Gasteiger partial charge in [0.05, 0.1) is 0 Å². The molecule has 1 radical (unpaired) electrons. The van der Waals surface area contributed by atoms with Gasteiger partial charge in [0, 0.05) is 17.8 Å². The Morgan fingerprint density at radius 1 is 1.00 bits per heavy atom. The second kappa shape index (κ2) is 3.24. The van der Waals surface area contributed by atoms with E-state index in [1.165, 1.54) is 5.56 Å². The Morgan fingerprint density at radius 2 is 1.87 bits per heavy atom. The monoisotopic (exact) mass is 194 g/mol. The number of furan rings is 1. The third-order valence-electron chi connectivity index (χ3n) is 2.41. The van der Waals surface area contributed by atoms with Crippen LogP contribution >= 0.6 is 0 Å². The van der Waals surface area contributed by atoms with E-state index >= 15 is 0 Å². The molecule has 0 amide bonds. The Morgan fingerprint density at radius 3 is 2.73 bits per heavy atom. The highest BCUT2D eigenvalue weighted by Crippen LogP contribution is 2.24. The molecule has 3 rings (SSSR count). The van der Waals surface area contributed by atoms with Crippen LogP contribution in [-0.4, -0.2) is 4.98 Å². The van der Waals surface area contributed by atoms with Gasteiger partial charge in [0.25, 0.3) is 0 Å². The van der Waals surface area contributed by atoms with Gasteiger partial charge in [-0.3, -0.25) is 4.98 Å². The van der Waals surface area contributed by atoms with Crippen LogP contribution in [0.25, 0.3) is 22.1 Å². The number of rotatable bonds is 1. The quantitative estimate of drug-likeness (QED) is 0.594. The Labute approximate surface area is 87.2 Å². The summed E-state index contributed by atoms with van der Waals surface area (Å²) in [7, 11) is 0. The SMILES string of the molecule is [c]1cc2cc(-c3ccncc3)ccc2o1. The lowest BCUT2D eigenvalue weighted by molar-refractivity contribution is 0.606. The molecule has 3 aromatic rings. The first-order valence-corrected chi connectivity index (χ1v) is 4.73. The molecule has 0 atom stereocenters. The molecule has 0 N–H and O–H groups in total. The predicted octanol–water partition coefficient (Wildman–Crippen LogP) is 3.29. The zero-order valence-electron chi connectivity index (χ0n) is 7.97. The van der Waals surface area contributed by atoms with Gasteiger partial charge in [-0.2, -0.15) is 0 Å². The standard InChI is InChI=1S/C13H8NO/c1-2-13-12(5-8-15-13)9-11(1)10-3-6-14-7-4-10/h1-7,9H. The van der Waals surface area contributed by atoms with Crippen LogP contribution in [0.5, 0.6) is 0 Å². The summed E-state index contributed by atoms with van der Waals surface area (Å²) in [4.78, 5) is 4.00. The Balaban J connectivity index is 2.19. The average Bonchev–Trinajstić information content (AvgIpc) is 2.77. The molecule has 2 heteroatoms.